The van der Waals surface area contributed by atoms with Crippen LogP contribution in [0.2, 0.25) is 0 Å². The number of halogens is 2. The Morgan fingerprint density at radius 3 is 2.44 bits per heavy atom. The van der Waals surface area contributed by atoms with Crippen LogP contribution < -0.4 is 5.32 Å². The second-order valence-electron chi connectivity index (χ2n) is 2.99. The molecule has 92 valence electrons. The van der Waals surface area contributed by atoms with Gasteiger partial charge in [-0.1, -0.05) is 37.3 Å². The zero-order valence-corrected chi connectivity index (χ0v) is 10.8. The lowest BCUT2D eigenvalue weighted by Crippen LogP contribution is -2.24. The van der Waals surface area contributed by atoms with Gasteiger partial charge in [0, 0.05) is 6.54 Å². The molecule has 0 aliphatic heterocycles. The van der Waals surface area contributed by atoms with Crippen molar-refractivity contribution in [1.82, 2.24) is 5.32 Å². The number of hydrogen-bond donors (Lipinski definition) is 1. The molecule has 0 heterocycles. The van der Waals surface area contributed by atoms with Crippen LogP contribution in [-0.2, 0) is 11.3 Å². The number of alkyl carbamates (subject to hydrolysis) is 1. The summed E-state index contributed by atoms with van der Waals surface area (Å²) in [6, 6.07) is 9.62. The van der Waals surface area contributed by atoms with Crippen molar-refractivity contribution >= 4 is 30.9 Å². The van der Waals surface area contributed by atoms with Crippen LogP contribution >= 0.6 is 24.8 Å². The topological polar surface area (TPSA) is 38.3 Å². The van der Waals surface area contributed by atoms with Crippen molar-refractivity contribution in [3.63, 3.8) is 0 Å². The van der Waals surface area contributed by atoms with Crippen LogP contribution in [0.5, 0.6) is 0 Å². The van der Waals surface area contributed by atoms with E-state index in [0.717, 1.165) is 12.0 Å². The summed E-state index contributed by atoms with van der Waals surface area (Å²) in [5.74, 6) is 0. The monoisotopic (exact) mass is 265 g/mol. The summed E-state index contributed by atoms with van der Waals surface area (Å²) in [5, 5.41) is 2.64. The molecule has 0 bridgehead atoms. The van der Waals surface area contributed by atoms with E-state index in [2.05, 4.69) is 5.32 Å². The number of carbonyl (C=O) groups is 1. The molecule has 0 aliphatic rings. The summed E-state index contributed by atoms with van der Waals surface area (Å²) in [6.07, 6.45) is 0.566. The Balaban J connectivity index is 0. The fourth-order valence-corrected chi connectivity index (χ4v) is 1.00. The fraction of sp³-hybridized carbons (Fsp3) is 0.364. The van der Waals surface area contributed by atoms with Gasteiger partial charge in [0.05, 0.1) is 0 Å². The van der Waals surface area contributed by atoms with Gasteiger partial charge in [0.1, 0.15) is 6.61 Å². The molecule has 0 saturated heterocycles. The quantitative estimate of drug-likeness (QED) is 0.909. The highest BCUT2D eigenvalue weighted by Gasteiger charge is 1.99. The van der Waals surface area contributed by atoms with E-state index in [-0.39, 0.29) is 30.9 Å². The second kappa shape index (κ2) is 10.6. The van der Waals surface area contributed by atoms with Gasteiger partial charge in [-0.2, -0.15) is 0 Å². The lowest BCUT2D eigenvalue weighted by Gasteiger charge is -2.05. The van der Waals surface area contributed by atoms with Gasteiger partial charge < -0.3 is 10.1 Å². The van der Waals surface area contributed by atoms with Crippen LogP contribution in [0.15, 0.2) is 30.3 Å². The minimum Gasteiger partial charge on any atom is -0.445 e. The predicted molar refractivity (Wildman–Crippen MR) is 69.4 cm³/mol. The summed E-state index contributed by atoms with van der Waals surface area (Å²) < 4.78 is 4.98. The molecule has 0 saturated carbocycles. The van der Waals surface area contributed by atoms with Gasteiger partial charge in [0.2, 0.25) is 0 Å². The smallest absolute Gasteiger partial charge is 0.407 e. The first-order chi connectivity index (χ1) is 6.83. The molecule has 0 unspecified atom stereocenters. The highest BCUT2D eigenvalue weighted by molar-refractivity contribution is 5.85. The molecule has 0 atom stereocenters. The third-order valence-electron chi connectivity index (χ3n) is 1.73. The predicted octanol–water partition coefficient (Wildman–Crippen LogP) is 3.17. The first-order valence-corrected chi connectivity index (χ1v) is 4.77. The van der Waals surface area contributed by atoms with Gasteiger partial charge >= 0.3 is 6.09 Å². The first-order valence-electron chi connectivity index (χ1n) is 4.77. The Kier molecular flexibility index (Phi) is 11.6. The molecule has 1 amide bonds. The zero-order chi connectivity index (χ0) is 10.2. The maximum absolute atomic E-state index is 11.0. The summed E-state index contributed by atoms with van der Waals surface area (Å²) in [7, 11) is 0. The van der Waals surface area contributed by atoms with Gasteiger partial charge in [-0.3, -0.25) is 0 Å². The molecule has 1 rings (SSSR count). The van der Waals surface area contributed by atoms with Gasteiger partial charge in [-0.15, -0.1) is 24.8 Å². The summed E-state index contributed by atoms with van der Waals surface area (Å²) in [5.41, 5.74) is 0.999. The van der Waals surface area contributed by atoms with Crippen molar-refractivity contribution in [2.45, 2.75) is 20.0 Å². The second-order valence-corrected chi connectivity index (χ2v) is 2.99. The molecule has 0 fully saturated rings. The van der Waals surface area contributed by atoms with Crippen molar-refractivity contribution in [2.75, 3.05) is 6.54 Å². The molecule has 3 nitrogen and oxygen atoms in total. The van der Waals surface area contributed by atoms with E-state index < -0.39 is 0 Å². The van der Waals surface area contributed by atoms with Gasteiger partial charge in [-0.25, -0.2) is 4.79 Å². The highest BCUT2D eigenvalue weighted by atomic mass is 35.5. The first kappa shape index (κ1) is 17.5. The van der Waals surface area contributed by atoms with Gasteiger partial charge in [0.25, 0.3) is 0 Å². The molecule has 0 aromatic heterocycles. The Labute approximate surface area is 108 Å². The van der Waals surface area contributed by atoms with Crippen LogP contribution in [0, 0.1) is 0 Å². The maximum Gasteiger partial charge on any atom is 0.407 e. The number of ether oxygens (including phenoxy) is 1. The van der Waals surface area contributed by atoms with E-state index in [9.17, 15) is 4.79 Å². The van der Waals surface area contributed by atoms with Crippen molar-refractivity contribution in [3.8, 4) is 0 Å². The molecule has 1 N–H and O–H groups in total. The number of carbonyl (C=O) groups excluding carboxylic acids is 1. The molecule has 0 radical (unpaired) electrons. The van der Waals surface area contributed by atoms with E-state index in [1.807, 2.05) is 37.3 Å². The van der Waals surface area contributed by atoms with Crippen molar-refractivity contribution in [3.05, 3.63) is 35.9 Å². The zero-order valence-electron chi connectivity index (χ0n) is 9.14. The lowest BCUT2D eigenvalue weighted by molar-refractivity contribution is 0.139. The van der Waals surface area contributed by atoms with E-state index in [1.54, 1.807) is 0 Å². The molecular formula is C11H17Cl2NO2. The van der Waals surface area contributed by atoms with Crippen LogP contribution in [0.25, 0.3) is 0 Å². The summed E-state index contributed by atoms with van der Waals surface area (Å²) in [4.78, 5) is 11.0. The third kappa shape index (κ3) is 7.37. The lowest BCUT2D eigenvalue weighted by atomic mass is 10.2. The van der Waals surface area contributed by atoms with E-state index >= 15 is 0 Å². The van der Waals surface area contributed by atoms with Crippen molar-refractivity contribution in [2.24, 2.45) is 0 Å². The normalized spacial score (nSPS) is 8.31. The minimum atomic E-state index is -0.351. The average molecular weight is 266 g/mol. The summed E-state index contributed by atoms with van der Waals surface area (Å²) >= 11 is 0. The standard InChI is InChI=1S/C11H15NO2.2ClH/c1-2-8-12-11(13)14-9-10-6-4-3-5-7-10;;/h3-7H,2,8-9H2,1H3,(H,12,13);2*1H. The molecular weight excluding hydrogens is 249 g/mol. The fourth-order valence-electron chi connectivity index (χ4n) is 1.00. The van der Waals surface area contributed by atoms with Crippen LogP contribution in [0.3, 0.4) is 0 Å². The number of rotatable bonds is 4. The number of nitrogens with one attached hydrogen (secondary N) is 1. The molecule has 1 aromatic carbocycles. The van der Waals surface area contributed by atoms with Crippen LogP contribution in [0.4, 0.5) is 4.79 Å². The van der Waals surface area contributed by atoms with Gasteiger partial charge in [0.15, 0.2) is 0 Å². The van der Waals surface area contributed by atoms with Crippen molar-refractivity contribution in [1.29, 1.82) is 0 Å². The molecule has 0 spiro atoms. The van der Waals surface area contributed by atoms with Crippen molar-refractivity contribution < 1.29 is 9.53 Å². The molecule has 0 aliphatic carbocycles. The van der Waals surface area contributed by atoms with Crippen LogP contribution in [-0.4, -0.2) is 12.6 Å². The molecule has 5 heteroatoms. The average Bonchev–Trinajstić information content (AvgIpc) is 2.25. The van der Waals surface area contributed by atoms with E-state index in [1.165, 1.54) is 0 Å². The molecule has 1 aromatic rings. The largest absolute Gasteiger partial charge is 0.445 e. The Bertz CT molecular complexity index is 281. The van der Waals surface area contributed by atoms with E-state index in [4.69, 9.17) is 4.74 Å². The summed E-state index contributed by atoms with van der Waals surface area (Å²) in [6.45, 7) is 2.99. The Morgan fingerprint density at radius 2 is 1.88 bits per heavy atom. The van der Waals surface area contributed by atoms with E-state index in [0.29, 0.717) is 13.2 Å². The van der Waals surface area contributed by atoms with Gasteiger partial charge in [-0.05, 0) is 12.0 Å². The molecule has 16 heavy (non-hydrogen) atoms. The number of amides is 1. The number of hydrogen-bond acceptors (Lipinski definition) is 2. The van der Waals surface area contributed by atoms with Crippen LogP contribution in [0.1, 0.15) is 18.9 Å². The third-order valence-corrected chi connectivity index (χ3v) is 1.73. The SMILES string of the molecule is CCCNC(=O)OCc1ccccc1.Cl.Cl. The number of benzene rings is 1. The Morgan fingerprint density at radius 1 is 1.25 bits per heavy atom. The minimum absolute atomic E-state index is 0. The highest BCUT2D eigenvalue weighted by Crippen LogP contribution is 2.00. The Hall–Kier alpha value is -0.930. The maximum atomic E-state index is 11.0.